The number of nitrogens with zero attached hydrogens (tertiary/aromatic N) is 2. The molecule has 1 aliphatic rings. The Morgan fingerprint density at radius 1 is 0.275 bits per heavy atom. The minimum atomic E-state index is -3.54. The van der Waals surface area contributed by atoms with Crippen molar-refractivity contribution in [3.8, 4) is 11.4 Å². The highest BCUT2D eigenvalue weighted by Gasteiger charge is 2.54. The third-order valence-corrected chi connectivity index (χ3v) is 20.4. The van der Waals surface area contributed by atoms with Crippen LogP contribution in [0.3, 0.4) is 0 Å². The van der Waals surface area contributed by atoms with Crippen LogP contribution < -0.4 is 15.9 Å². The number of para-hydroxylation sites is 4. The molecule has 0 saturated heterocycles. The van der Waals surface area contributed by atoms with Crippen LogP contribution in [0.15, 0.2) is 297 Å². The van der Waals surface area contributed by atoms with Gasteiger partial charge in [0.1, 0.15) is 0 Å². The molecular formula is C76H55N2OP. The lowest BCUT2D eigenvalue weighted by Crippen LogP contribution is -2.46. The molecule has 0 amide bonds. The summed E-state index contributed by atoms with van der Waals surface area (Å²) in [5.41, 5.74) is 16.5. The van der Waals surface area contributed by atoms with Gasteiger partial charge >= 0.3 is 0 Å². The van der Waals surface area contributed by atoms with Crippen LogP contribution in [0.2, 0.25) is 0 Å². The highest BCUT2D eigenvalue weighted by atomic mass is 31.2. The molecule has 0 radical (unpaired) electrons. The topological polar surface area (TPSA) is 26.9 Å². The van der Waals surface area contributed by atoms with Gasteiger partial charge in [0.05, 0.1) is 32.9 Å². The zero-order chi connectivity index (χ0) is 53.6. The monoisotopic (exact) mass is 1040 g/mol. The zero-order valence-corrected chi connectivity index (χ0v) is 45.4. The summed E-state index contributed by atoms with van der Waals surface area (Å²) >= 11 is 0. The second-order valence-corrected chi connectivity index (χ2v) is 24.4. The first-order valence-electron chi connectivity index (χ1n) is 27.7. The van der Waals surface area contributed by atoms with E-state index in [9.17, 15) is 0 Å². The highest BCUT2D eigenvalue weighted by molar-refractivity contribution is 7.85. The molecule has 14 aromatic rings. The van der Waals surface area contributed by atoms with E-state index in [1.54, 1.807) is 0 Å². The predicted molar refractivity (Wildman–Crippen MR) is 334 cm³/mol. The molecular weight excluding hydrogens is 988 g/mol. The lowest BCUT2D eigenvalue weighted by molar-refractivity contribution is 0.592. The molecule has 0 spiro atoms. The smallest absolute Gasteiger partial charge is 0.171 e. The fourth-order valence-corrected chi connectivity index (χ4v) is 16.5. The largest absolute Gasteiger partial charge is 0.309 e. The van der Waals surface area contributed by atoms with Gasteiger partial charge in [-0.05, 0) is 125 Å². The van der Waals surface area contributed by atoms with Crippen LogP contribution in [-0.2, 0) is 15.4 Å². The Balaban J connectivity index is 1.13. The number of aromatic nitrogens is 2. The van der Waals surface area contributed by atoms with Crippen molar-refractivity contribution in [3.63, 3.8) is 0 Å². The summed E-state index contributed by atoms with van der Waals surface area (Å²) < 4.78 is 21.9. The Morgan fingerprint density at radius 2 is 0.625 bits per heavy atom. The molecule has 12 aromatic carbocycles. The molecule has 380 valence electrons. The van der Waals surface area contributed by atoms with Gasteiger partial charge in [0.25, 0.3) is 0 Å². The first kappa shape index (κ1) is 47.7. The highest BCUT2D eigenvalue weighted by Crippen LogP contribution is 2.61. The Kier molecular flexibility index (Phi) is 11.1. The van der Waals surface area contributed by atoms with E-state index < -0.39 is 18.0 Å². The number of hydrogen-bond acceptors (Lipinski definition) is 1. The van der Waals surface area contributed by atoms with Crippen molar-refractivity contribution in [2.75, 3.05) is 0 Å². The average Bonchev–Trinajstić information content (AvgIpc) is 2.48. The molecule has 1 aliphatic carbocycles. The fourth-order valence-electron chi connectivity index (χ4n) is 13.8. The molecule has 2 unspecified atom stereocenters. The van der Waals surface area contributed by atoms with Crippen LogP contribution in [-0.4, -0.2) is 9.13 Å². The van der Waals surface area contributed by atoms with Crippen molar-refractivity contribution in [1.82, 2.24) is 9.13 Å². The zero-order valence-electron chi connectivity index (χ0n) is 44.5. The van der Waals surface area contributed by atoms with Crippen LogP contribution in [0.1, 0.15) is 55.6 Å². The molecule has 3 nitrogen and oxygen atoms in total. The normalized spacial score (nSPS) is 16.0. The minimum Gasteiger partial charge on any atom is -0.309 e. The van der Waals surface area contributed by atoms with Gasteiger partial charge in [-0.15, -0.1) is 0 Å². The van der Waals surface area contributed by atoms with E-state index >= 15 is 4.57 Å². The second kappa shape index (κ2) is 18.6. The summed E-state index contributed by atoms with van der Waals surface area (Å²) in [6.45, 7) is 4.35. The minimum absolute atomic E-state index is 0.783. The summed E-state index contributed by atoms with van der Waals surface area (Å²) in [6.07, 6.45) is 0. The van der Waals surface area contributed by atoms with Crippen molar-refractivity contribution in [2.45, 2.75) is 24.7 Å². The van der Waals surface area contributed by atoms with Crippen molar-refractivity contribution in [2.24, 2.45) is 0 Å². The van der Waals surface area contributed by atoms with Crippen LogP contribution >= 0.6 is 7.14 Å². The van der Waals surface area contributed by atoms with Gasteiger partial charge < -0.3 is 13.7 Å². The van der Waals surface area contributed by atoms with E-state index in [-0.39, 0.29) is 0 Å². The van der Waals surface area contributed by atoms with Crippen LogP contribution in [0.4, 0.5) is 0 Å². The van der Waals surface area contributed by atoms with Gasteiger partial charge in [-0.3, -0.25) is 0 Å². The quantitative estimate of drug-likeness (QED) is 0.132. The van der Waals surface area contributed by atoms with Crippen LogP contribution in [0, 0.1) is 13.8 Å². The fraction of sp³-hybridized carbons (Fsp3) is 0.0526. The molecule has 0 bridgehead atoms. The third kappa shape index (κ3) is 6.90. The Labute approximate surface area is 466 Å². The van der Waals surface area contributed by atoms with Crippen molar-refractivity contribution < 1.29 is 4.57 Å². The Morgan fingerprint density at radius 3 is 1.07 bits per heavy atom. The Bertz CT molecular complexity index is 4690. The van der Waals surface area contributed by atoms with E-state index in [2.05, 4.69) is 260 Å². The number of rotatable bonds is 9. The molecule has 0 aliphatic heterocycles. The standard InChI is InChI=1S/C76H55N2OP/c1-52-35-39-54(40-36-52)75(56-43-47-73-65(49-56)63-29-15-19-33-71(63)77(73)58-21-7-3-8-22-58)67-31-17-18-32-68(67)76(55-41-37-53(2)38-42-55,57-44-48-74-66(50-57)64-30-16-20-34-72(64)78(74)59-23-9-4-10-24-59)70-51-62(45-46-69(70)75)80(79,60-25-11-5-12-26-60)61-27-13-6-14-28-61/h3-51H,1-2H3. The maximum absolute atomic E-state index is 17.1. The van der Waals surface area contributed by atoms with Gasteiger partial charge in [0, 0.05) is 48.8 Å². The second-order valence-electron chi connectivity index (χ2n) is 21.6. The first-order valence-corrected chi connectivity index (χ1v) is 29.4. The van der Waals surface area contributed by atoms with E-state index in [0.29, 0.717) is 0 Å². The average molecular weight is 1040 g/mol. The summed E-state index contributed by atoms with van der Waals surface area (Å²) in [5, 5.41) is 7.09. The van der Waals surface area contributed by atoms with Gasteiger partial charge in [-0.2, -0.15) is 0 Å². The third-order valence-electron chi connectivity index (χ3n) is 17.4. The van der Waals surface area contributed by atoms with Gasteiger partial charge in [0.2, 0.25) is 0 Å². The maximum atomic E-state index is 17.1. The molecule has 80 heavy (non-hydrogen) atoms. The summed E-state index contributed by atoms with van der Waals surface area (Å²) in [5.74, 6) is 0. The molecule has 2 atom stereocenters. The van der Waals surface area contributed by atoms with E-state index in [0.717, 1.165) is 82.7 Å². The first-order chi connectivity index (χ1) is 39.4. The molecule has 0 N–H and O–H groups in total. The number of fused-ring (bicyclic) bond motifs is 8. The number of hydrogen-bond donors (Lipinski definition) is 0. The summed E-state index contributed by atoms with van der Waals surface area (Å²) in [4.78, 5) is 0. The van der Waals surface area contributed by atoms with Crippen LogP contribution in [0.5, 0.6) is 0 Å². The summed E-state index contributed by atoms with van der Waals surface area (Å²) in [6, 6.07) is 108. The summed E-state index contributed by atoms with van der Waals surface area (Å²) in [7, 11) is -3.54. The molecule has 4 heteroatoms. The predicted octanol–water partition coefficient (Wildman–Crippen LogP) is 17.2. The van der Waals surface area contributed by atoms with Crippen molar-refractivity contribution in [1.29, 1.82) is 0 Å². The van der Waals surface area contributed by atoms with Crippen molar-refractivity contribution >= 4 is 66.7 Å². The van der Waals surface area contributed by atoms with Crippen molar-refractivity contribution in [3.05, 3.63) is 353 Å². The molecule has 2 heterocycles. The van der Waals surface area contributed by atoms with Crippen LogP contribution in [0.25, 0.3) is 55.0 Å². The van der Waals surface area contributed by atoms with Gasteiger partial charge in [0.15, 0.2) is 7.14 Å². The molecule has 0 saturated carbocycles. The SMILES string of the molecule is Cc1ccc(C2(c3ccc4c(c3)c3ccccc3n4-c3ccccc3)c3ccccc3C(c3ccc(C)cc3)(c3ccc4c(c3)c3ccccc3n4-c3ccccc3)c3cc(P(=O)(c4ccccc4)c4ccccc4)ccc32)cc1. The Hall–Kier alpha value is -9.53. The van der Waals surface area contributed by atoms with Gasteiger partial charge in [-0.1, -0.05) is 242 Å². The van der Waals surface area contributed by atoms with E-state index in [1.165, 1.54) is 43.8 Å². The maximum Gasteiger partial charge on any atom is 0.171 e. The lowest BCUT2D eigenvalue weighted by Gasteiger charge is -2.51. The number of aryl methyl sites for hydroxylation is 2. The molecule has 15 rings (SSSR count). The van der Waals surface area contributed by atoms with E-state index in [4.69, 9.17) is 0 Å². The number of benzene rings is 12. The van der Waals surface area contributed by atoms with E-state index in [1.807, 2.05) is 60.7 Å². The molecule has 0 fully saturated rings. The molecule has 2 aromatic heterocycles. The lowest BCUT2D eigenvalue weighted by atomic mass is 9.50. The van der Waals surface area contributed by atoms with Gasteiger partial charge in [-0.25, -0.2) is 0 Å².